The molecule has 2 unspecified atom stereocenters. The number of nitrogens with one attached hydrogen (secondary N) is 1. The third-order valence-corrected chi connectivity index (χ3v) is 4.55. The quantitative estimate of drug-likeness (QED) is 0.878. The van der Waals surface area contributed by atoms with Gasteiger partial charge in [-0.25, -0.2) is 0 Å². The number of phenolic OH excluding ortho intramolecular Hbond substituents is 1. The number of carbonyl (C=O) groups excluding carboxylic acids is 1. The summed E-state index contributed by atoms with van der Waals surface area (Å²) >= 11 is 1.84. The fraction of sp³-hybridized carbons (Fsp3) is 0.500. The van der Waals surface area contributed by atoms with E-state index in [0.717, 1.165) is 12.0 Å². The summed E-state index contributed by atoms with van der Waals surface area (Å²) in [5, 5.41) is 13.0. The Bertz CT molecular complexity index is 422. The summed E-state index contributed by atoms with van der Waals surface area (Å²) in [6.45, 7) is 0. The van der Waals surface area contributed by atoms with Gasteiger partial charge in [-0.05, 0) is 36.8 Å². The summed E-state index contributed by atoms with van der Waals surface area (Å²) in [5.41, 5.74) is 0.853. The zero-order valence-electron chi connectivity index (χ0n) is 10.6. The monoisotopic (exact) mass is 265 g/mol. The van der Waals surface area contributed by atoms with Gasteiger partial charge in [-0.1, -0.05) is 18.6 Å². The van der Waals surface area contributed by atoms with Crippen LogP contribution in [0.5, 0.6) is 5.75 Å². The van der Waals surface area contributed by atoms with Crippen LogP contribution in [-0.2, 0) is 11.2 Å². The van der Waals surface area contributed by atoms with E-state index in [-0.39, 0.29) is 11.7 Å². The van der Waals surface area contributed by atoms with Gasteiger partial charge in [0, 0.05) is 11.3 Å². The molecule has 0 bridgehead atoms. The lowest BCUT2D eigenvalue weighted by Crippen LogP contribution is -2.39. The van der Waals surface area contributed by atoms with Gasteiger partial charge in [0.25, 0.3) is 0 Å². The molecule has 0 spiro atoms. The summed E-state index contributed by atoms with van der Waals surface area (Å²) in [4.78, 5) is 11.9. The Morgan fingerprint density at radius 1 is 1.50 bits per heavy atom. The van der Waals surface area contributed by atoms with E-state index in [0.29, 0.717) is 17.7 Å². The third kappa shape index (κ3) is 3.42. The highest BCUT2D eigenvalue weighted by Crippen LogP contribution is 2.28. The van der Waals surface area contributed by atoms with Gasteiger partial charge in [0.1, 0.15) is 5.75 Å². The van der Waals surface area contributed by atoms with Gasteiger partial charge in [-0.2, -0.15) is 11.8 Å². The number of amides is 1. The highest BCUT2D eigenvalue weighted by molar-refractivity contribution is 7.99. The second-order valence-electron chi connectivity index (χ2n) is 4.73. The number of hydrogen-bond donors (Lipinski definition) is 2. The molecule has 1 aliphatic rings. The molecule has 1 aliphatic carbocycles. The van der Waals surface area contributed by atoms with Crippen molar-refractivity contribution in [1.82, 2.24) is 5.32 Å². The van der Waals surface area contributed by atoms with Crippen molar-refractivity contribution in [2.45, 2.75) is 37.0 Å². The van der Waals surface area contributed by atoms with Crippen LogP contribution in [0.3, 0.4) is 0 Å². The van der Waals surface area contributed by atoms with Crippen LogP contribution in [0.15, 0.2) is 24.3 Å². The molecule has 1 fully saturated rings. The van der Waals surface area contributed by atoms with Crippen molar-refractivity contribution in [3.05, 3.63) is 29.8 Å². The Morgan fingerprint density at radius 2 is 2.33 bits per heavy atom. The van der Waals surface area contributed by atoms with Crippen LogP contribution < -0.4 is 5.32 Å². The summed E-state index contributed by atoms with van der Waals surface area (Å²) < 4.78 is 0. The third-order valence-electron chi connectivity index (χ3n) is 3.38. The van der Waals surface area contributed by atoms with E-state index in [1.807, 2.05) is 17.8 Å². The highest BCUT2D eigenvalue weighted by Gasteiger charge is 2.27. The normalized spacial score (nSPS) is 22.9. The second-order valence-corrected chi connectivity index (χ2v) is 5.80. The maximum atomic E-state index is 11.9. The van der Waals surface area contributed by atoms with Crippen molar-refractivity contribution in [3.8, 4) is 5.75 Å². The molecule has 3 nitrogen and oxygen atoms in total. The van der Waals surface area contributed by atoms with Gasteiger partial charge in [-0.3, -0.25) is 4.79 Å². The van der Waals surface area contributed by atoms with Gasteiger partial charge in [0.05, 0.1) is 6.42 Å². The Hall–Kier alpha value is -1.16. The molecule has 0 aliphatic heterocycles. The Morgan fingerprint density at radius 3 is 3.06 bits per heavy atom. The Labute approximate surface area is 112 Å². The van der Waals surface area contributed by atoms with Crippen molar-refractivity contribution in [2.75, 3.05) is 6.26 Å². The minimum absolute atomic E-state index is 0.0477. The molecule has 0 radical (unpaired) electrons. The molecule has 2 N–H and O–H groups in total. The van der Waals surface area contributed by atoms with Crippen LogP contribution in [-0.4, -0.2) is 28.6 Å². The fourth-order valence-corrected chi connectivity index (χ4v) is 3.42. The van der Waals surface area contributed by atoms with Crippen molar-refractivity contribution >= 4 is 17.7 Å². The molecular formula is C14H19NO2S. The number of benzene rings is 1. The van der Waals surface area contributed by atoms with Gasteiger partial charge in [0.2, 0.25) is 5.91 Å². The van der Waals surface area contributed by atoms with Crippen LogP contribution in [0.2, 0.25) is 0 Å². The van der Waals surface area contributed by atoms with Gasteiger partial charge >= 0.3 is 0 Å². The topological polar surface area (TPSA) is 49.3 Å². The van der Waals surface area contributed by atoms with Crippen molar-refractivity contribution < 1.29 is 9.90 Å². The maximum absolute atomic E-state index is 11.9. The summed E-state index contributed by atoms with van der Waals surface area (Å²) in [6, 6.07) is 7.19. The first-order valence-corrected chi connectivity index (χ1v) is 7.58. The zero-order valence-corrected chi connectivity index (χ0v) is 11.4. The Balaban J connectivity index is 1.89. The molecule has 2 atom stereocenters. The van der Waals surface area contributed by atoms with Crippen LogP contribution in [0.1, 0.15) is 24.8 Å². The first-order chi connectivity index (χ1) is 8.69. The number of thioether (sulfide) groups is 1. The maximum Gasteiger partial charge on any atom is 0.224 e. The SMILES string of the molecule is CSC1CCCC1NC(=O)Cc1cccc(O)c1. The number of hydrogen-bond acceptors (Lipinski definition) is 3. The van der Waals surface area contributed by atoms with E-state index in [4.69, 9.17) is 0 Å². The number of rotatable bonds is 4. The molecule has 1 aromatic carbocycles. The highest BCUT2D eigenvalue weighted by atomic mass is 32.2. The number of phenols is 1. The molecule has 0 aromatic heterocycles. The van der Waals surface area contributed by atoms with Crippen molar-refractivity contribution in [3.63, 3.8) is 0 Å². The lowest BCUT2D eigenvalue weighted by atomic mass is 10.1. The van der Waals surface area contributed by atoms with Gasteiger partial charge in [-0.15, -0.1) is 0 Å². The minimum Gasteiger partial charge on any atom is -0.508 e. The van der Waals surface area contributed by atoms with Crippen molar-refractivity contribution in [2.24, 2.45) is 0 Å². The lowest BCUT2D eigenvalue weighted by Gasteiger charge is -2.19. The molecule has 98 valence electrons. The number of aromatic hydroxyl groups is 1. The first-order valence-electron chi connectivity index (χ1n) is 6.29. The van der Waals surface area contributed by atoms with E-state index < -0.39 is 0 Å². The van der Waals surface area contributed by atoms with Gasteiger partial charge < -0.3 is 10.4 Å². The van der Waals surface area contributed by atoms with E-state index >= 15 is 0 Å². The molecule has 0 saturated heterocycles. The molecule has 1 aromatic rings. The standard InChI is InChI=1S/C14H19NO2S/c1-18-13-7-3-6-12(13)15-14(17)9-10-4-2-5-11(16)8-10/h2,4-5,8,12-13,16H,3,6-7,9H2,1H3,(H,15,17). The molecule has 1 amide bonds. The molecule has 1 saturated carbocycles. The predicted octanol–water partition coefficient (Wildman–Crippen LogP) is 2.33. The fourth-order valence-electron chi connectivity index (χ4n) is 2.48. The van der Waals surface area contributed by atoms with Crippen molar-refractivity contribution in [1.29, 1.82) is 0 Å². The smallest absolute Gasteiger partial charge is 0.224 e. The summed E-state index contributed by atoms with van der Waals surface area (Å²) in [7, 11) is 0. The van der Waals surface area contributed by atoms with Crippen LogP contribution in [0, 0.1) is 0 Å². The second kappa shape index (κ2) is 6.14. The summed E-state index contributed by atoms with van der Waals surface area (Å²) in [5.74, 6) is 0.259. The Kier molecular flexibility index (Phi) is 4.53. The average molecular weight is 265 g/mol. The predicted molar refractivity (Wildman–Crippen MR) is 74.9 cm³/mol. The van der Waals surface area contributed by atoms with E-state index in [1.54, 1.807) is 18.2 Å². The van der Waals surface area contributed by atoms with Crippen LogP contribution in [0.25, 0.3) is 0 Å². The van der Waals surface area contributed by atoms with Crippen LogP contribution in [0.4, 0.5) is 0 Å². The number of carbonyl (C=O) groups is 1. The molecule has 4 heteroatoms. The minimum atomic E-state index is 0.0477. The molecule has 18 heavy (non-hydrogen) atoms. The van der Waals surface area contributed by atoms with Gasteiger partial charge in [0.15, 0.2) is 0 Å². The molecular weight excluding hydrogens is 246 g/mol. The van der Waals surface area contributed by atoms with Crippen LogP contribution >= 0.6 is 11.8 Å². The molecule has 2 rings (SSSR count). The van der Waals surface area contributed by atoms with E-state index in [9.17, 15) is 9.90 Å². The zero-order chi connectivity index (χ0) is 13.0. The summed E-state index contributed by atoms with van der Waals surface area (Å²) in [6.07, 6.45) is 5.91. The van der Waals surface area contributed by atoms with E-state index in [2.05, 4.69) is 11.6 Å². The lowest BCUT2D eigenvalue weighted by molar-refractivity contribution is -0.121. The average Bonchev–Trinajstić information content (AvgIpc) is 2.76. The molecule has 0 heterocycles. The largest absolute Gasteiger partial charge is 0.508 e. The first kappa shape index (κ1) is 13.3. The van der Waals surface area contributed by atoms with E-state index in [1.165, 1.54) is 12.8 Å².